The zero-order valence-electron chi connectivity index (χ0n) is 14.4. The lowest BCUT2D eigenvalue weighted by Gasteiger charge is -2.28. The van der Waals surface area contributed by atoms with Gasteiger partial charge in [-0.25, -0.2) is 4.79 Å². The van der Waals surface area contributed by atoms with Crippen LogP contribution < -0.4 is 16.6 Å². The van der Waals surface area contributed by atoms with Crippen molar-refractivity contribution in [3.8, 4) is 0 Å². The molecule has 1 aromatic heterocycles. The van der Waals surface area contributed by atoms with Crippen molar-refractivity contribution < 1.29 is 4.79 Å². The number of fused-ring (bicyclic) bond motifs is 3. The molecule has 140 valence electrons. The van der Waals surface area contributed by atoms with Crippen LogP contribution >= 0.6 is 12.4 Å². The fourth-order valence-electron chi connectivity index (χ4n) is 4.19. The van der Waals surface area contributed by atoms with E-state index in [1.165, 1.54) is 4.57 Å². The van der Waals surface area contributed by atoms with Gasteiger partial charge in [-0.05, 0) is 37.9 Å². The van der Waals surface area contributed by atoms with Crippen molar-refractivity contribution in [1.29, 1.82) is 0 Å². The molecule has 1 amide bonds. The molecule has 4 rings (SSSR count). The molecular weight excluding hydrogens is 356 g/mol. The number of halogens is 1. The summed E-state index contributed by atoms with van der Waals surface area (Å²) >= 11 is 0. The Kier molecular flexibility index (Phi) is 5.48. The van der Waals surface area contributed by atoms with Crippen molar-refractivity contribution in [3.05, 3.63) is 45.1 Å². The molecule has 0 aliphatic carbocycles. The first-order valence-electron chi connectivity index (χ1n) is 8.89. The predicted octanol–water partition coefficient (Wildman–Crippen LogP) is 0.855. The van der Waals surface area contributed by atoms with Crippen molar-refractivity contribution in [1.82, 2.24) is 19.8 Å². The number of para-hydroxylation sites is 1. The molecule has 0 spiro atoms. The predicted molar refractivity (Wildman–Crippen MR) is 102 cm³/mol. The summed E-state index contributed by atoms with van der Waals surface area (Å²) in [6.45, 7) is 2.08. The summed E-state index contributed by atoms with van der Waals surface area (Å²) in [5.41, 5.74) is -0.277. The molecule has 7 nitrogen and oxygen atoms in total. The number of carbonyl (C=O) groups is 1. The summed E-state index contributed by atoms with van der Waals surface area (Å²) in [5, 5.41) is 3.85. The lowest BCUT2D eigenvalue weighted by Crippen LogP contribution is -2.43. The lowest BCUT2D eigenvalue weighted by atomic mass is 10.1. The maximum absolute atomic E-state index is 12.8. The molecule has 2 saturated heterocycles. The summed E-state index contributed by atoms with van der Waals surface area (Å²) in [6.07, 6.45) is 3.37. The third-order valence-corrected chi connectivity index (χ3v) is 5.40. The minimum atomic E-state index is -0.461. The first-order valence-corrected chi connectivity index (χ1v) is 8.89. The summed E-state index contributed by atoms with van der Waals surface area (Å²) in [7, 11) is 0. The fraction of sp³-hybridized carbons (Fsp3) is 0.500. The monoisotopic (exact) mass is 378 g/mol. The van der Waals surface area contributed by atoms with Crippen molar-refractivity contribution in [2.24, 2.45) is 0 Å². The topological polar surface area (TPSA) is 87.2 Å². The molecule has 0 saturated carbocycles. The molecule has 2 bridgehead atoms. The number of nitrogens with zero attached hydrogens (tertiary/aromatic N) is 2. The average molecular weight is 379 g/mol. The third-order valence-electron chi connectivity index (χ3n) is 5.40. The van der Waals surface area contributed by atoms with Crippen LogP contribution in [0.15, 0.2) is 33.9 Å². The molecule has 2 aliphatic rings. The Labute approximate surface area is 156 Å². The number of nitrogens with one attached hydrogen (secondary N) is 2. The molecule has 8 heteroatoms. The second-order valence-electron chi connectivity index (χ2n) is 6.86. The molecule has 2 unspecified atom stereocenters. The maximum atomic E-state index is 12.8. The molecule has 2 aliphatic heterocycles. The van der Waals surface area contributed by atoms with E-state index in [-0.39, 0.29) is 42.9 Å². The Morgan fingerprint density at radius 2 is 1.88 bits per heavy atom. The molecule has 2 aromatic rings. The van der Waals surface area contributed by atoms with E-state index in [1.807, 2.05) is 4.90 Å². The van der Waals surface area contributed by atoms with Gasteiger partial charge in [0.15, 0.2) is 0 Å². The molecule has 2 N–H and O–H groups in total. The highest BCUT2D eigenvalue weighted by atomic mass is 35.5. The third kappa shape index (κ3) is 3.29. The van der Waals surface area contributed by atoms with E-state index in [1.54, 1.807) is 24.3 Å². The number of H-pyrrole nitrogens is 1. The molecule has 1 aromatic carbocycles. The van der Waals surface area contributed by atoms with E-state index in [0.29, 0.717) is 16.9 Å². The molecule has 2 fully saturated rings. The van der Waals surface area contributed by atoms with Crippen LogP contribution in [0.25, 0.3) is 10.9 Å². The molecule has 2 atom stereocenters. The van der Waals surface area contributed by atoms with Gasteiger partial charge in [-0.2, -0.15) is 0 Å². The Morgan fingerprint density at radius 1 is 1.12 bits per heavy atom. The van der Waals surface area contributed by atoms with Crippen LogP contribution in [0, 0.1) is 0 Å². The smallest absolute Gasteiger partial charge is 0.328 e. The number of hydrogen-bond donors (Lipinski definition) is 2. The maximum Gasteiger partial charge on any atom is 0.328 e. The Morgan fingerprint density at radius 3 is 2.73 bits per heavy atom. The van der Waals surface area contributed by atoms with Gasteiger partial charge < -0.3 is 10.2 Å². The SMILES string of the molecule is Cl.O=C(CCn1c(=O)[nH]c(=O)c2ccccc21)N1C2CCNCC1CC2. The number of hydrogen-bond acceptors (Lipinski definition) is 4. The van der Waals surface area contributed by atoms with Gasteiger partial charge in [-0.3, -0.25) is 19.1 Å². The van der Waals surface area contributed by atoms with E-state index < -0.39 is 5.69 Å². The first-order chi connectivity index (χ1) is 12.1. The normalized spacial score (nSPS) is 22.1. The fourth-order valence-corrected chi connectivity index (χ4v) is 4.19. The van der Waals surface area contributed by atoms with Gasteiger partial charge in [-0.1, -0.05) is 12.1 Å². The molecule has 3 heterocycles. The quantitative estimate of drug-likeness (QED) is 0.829. The van der Waals surface area contributed by atoms with E-state index in [4.69, 9.17) is 0 Å². The first kappa shape index (κ1) is 18.7. The van der Waals surface area contributed by atoms with Crippen LogP contribution in [0.4, 0.5) is 0 Å². The summed E-state index contributed by atoms with van der Waals surface area (Å²) in [6, 6.07) is 7.57. The van der Waals surface area contributed by atoms with Crippen LogP contribution in [-0.2, 0) is 11.3 Å². The van der Waals surface area contributed by atoms with Gasteiger partial charge in [0.25, 0.3) is 5.56 Å². The number of rotatable bonds is 3. The molecule has 0 radical (unpaired) electrons. The number of aromatic nitrogens is 2. The van der Waals surface area contributed by atoms with Crippen molar-refractivity contribution in [2.45, 2.75) is 44.3 Å². The van der Waals surface area contributed by atoms with E-state index in [9.17, 15) is 14.4 Å². The second-order valence-corrected chi connectivity index (χ2v) is 6.86. The van der Waals surface area contributed by atoms with Gasteiger partial charge in [0.2, 0.25) is 5.91 Å². The summed E-state index contributed by atoms with van der Waals surface area (Å²) < 4.78 is 1.49. The van der Waals surface area contributed by atoms with Gasteiger partial charge in [-0.15, -0.1) is 12.4 Å². The Bertz CT molecular complexity index is 909. The van der Waals surface area contributed by atoms with E-state index in [0.717, 1.165) is 32.4 Å². The minimum absolute atomic E-state index is 0. The van der Waals surface area contributed by atoms with E-state index >= 15 is 0 Å². The van der Waals surface area contributed by atoms with Crippen molar-refractivity contribution in [2.75, 3.05) is 13.1 Å². The number of carbonyl (C=O) groups excluding carboxylic acids is 1. The average Bonchev–Trinajstić information content (AvgIpc) is 2.87. The number of amides is 1. The largest absolute Gasteiger partial charge is 0.335 e. The number of benzene rings is 1. The van der Waals surface area contributed by atoms with Gasteiger partial charge in [0.1, 0.15) is 0 Å². The standard InChI is InChI=1S/C18H22N4O3.ClH/c23-16(22-12-5-6-13(22)11-19-9-7-12)8-10-21-15-4-2-1-3-14(15)17(24)20-18(21)25;/h1-4,12-13,19H,5-11H2,(H,20,24,25);1H. The molecular formula is C18H23ClN4O3. The highest BCUT2D eigenvalue weighted by molar-refractivity contribution is 5.85. The van der Waals surface area contributed by atoms with Crippen molar-refractivity contribution in [3.63, 3.8) is 0 Å². The Hall–Kier alpha value is -2.12. The van der Waals surface area contributed by atoms with Gasteiger partial charge in [0.05, 0.1) is 10.9 Å². The molecule has 26 heavy (non-hydrogen) atoms. The number of aromatic amines is 1. The van der Waals surface area contributed by atoms with E-state index in [2.05, 4.69) is 10.3 Å². The van der Waals surface area contributed by atoms with Gasteiger partial charge >= 0.3 is 5.69 Å². The van der Waals surface area contributed by atoms with Crippen molar-refractivity contribution >= 4 is 29.2 Å². The zero-order chi connectivity index (χ0) is 17.4. The number of aryl methyl sites for hydroxylation is 1. The van der Waals surface area contributed by atoms with Crippen LogP contribution in [-0.4, -0.2) is 45.5 Å². The van der Waals surface area contributed by atoms with Crippen LogP contribution in [0.2, 0.25) is 0 Å². The zero-order valence-corrected chi connectivity index (χ0v) is 15.3. The lowest BCUT2D eigenvalue weighted by molar-refractivity contribution is -0.134. The van der Waals surface area contributed by atoms with Gasteiger partial charge in [0, 0.05) is 31.6 Å². The summed E-state index contributed by atoms with van der Waals surface area (Å²) in [4.78, 5) is 41.3. The van der Waals surface area contributed by atoms with Crippen LogP contribution in [0.5, 0.6) is 0 Å². The highest BCUT2D eigenvalue weighted by Gasteiger charge is 2.37. The summed E-state index contributed by atoms with van der Waals surface area (Å²) in [5.74, 6) is 0.0957. The highest BCUT2D eigenvalue weighted by Crippen LogP contribution is 2.28. The second kappa shape index (κ2) is 7.63. The van der Waals surface area contributed by atoms with Crippen LogP contribution in [0.3, 0.4) is 0 Å². The minimum Gasteiger partial charge on any atom is -0.335 e. The van der Waals surface area contributed by atoms with Crippen LogP contribution in [0.1, 0.15) is 25.7 Å². The Balaban J connectivity index is 0.00000196.